The Hall–Kier alpha value is -2.14. The van der Waals surface area contributed by atoms with Crippen molar-refractivity contribution in [2.24, 2.45) is 0 Å². The molecule has 0 spiro atoms. The lowest BCUT2D eigenvalue weighted by Crippen LogP contribution is -2.26. The number of benzene rings is 2. The number of carboxylic acid groups (broad SMARTS) is 1. The van der Waals surface area contributed by atoms with Crippen molar-refractivity contribution in [1.82, 2.24) is 0 Å². The van der Waals surface area contributed by atoms with E-state index in [0.717, 1.165) is 15.6 Å². The maximum atomic E-state index is 12.2. The van der Waals surface area contributed by atoms with Gasteiger partial charge in [0.1, 0.15) is 0 Å². The molecular weight excluding hydrogens is 334 g/mol. The van der Waals surface area contributed by atoms with Gasteiger partial charge in [-0.2, -0.15) is 0 Å². The van der Waals surface area contributed by atoms with Gasteiger partial charge in [0.05, 0.1) is 18.5 Å². The number of nitrogens with zero attached hydrogens (tertiary/aromatic N) is 1. The van der Waals surface area contributed by atoms with Crippen LogP contribution in [0.2, 0.25) is 0 Å². The molecule has 21 heavy (non-hydrogen) atoms. The van der Waals surface area contributed by atoms with Crippen molar-refractivity contribution < 1.29 is 14.7 Å². The minimum Gasteiger partial charge on any atom is -0.478 e. The van der Waals surface area contributed by atoms with Crippen LogP contribution in [0.25, 0.3) is 0 Å². The number of amides is 1. The van der Waals surface area contributed by atoms with E-state index < -0.39 is 5.97 Å². The lowest BCUT2D eigenvalue weighted by Gasteiger charge is -2.18. The van der Waals surface area contributed by atoms with Crippen LogP contribution in [-0.2, 0) is 17.8 Å². The van der Waals surface area contributed by atoms with Crippen LogP contribution in [0.3, 0.4) is 0 Å². The fourth-order valence-corrected chi connectivity index (χ4v) is 2.87. The number of aromatic carboxylic acids is 1. The van der Waals surface area contributed by atoms with Crippen LogP contribution < -0.4 is 4.90 Å². The zero-order valence-electron chi connectivity index (χ0n) is 11.0. The van der Waals surface area contributed by atoms with Gasteiger partial charge >= 0.3 is 5.97 Å². The molecule has 2 aromatic rings. The first kappa shape index (κ1) is 13.8. The van der Waals surface area contributed by atoms with Crippen LogP contribution in [-0.4, -0.2) is 17.0 Å². The Morgan fingerprint density at radius 1 is 1.24 bits per heavy atom. The minimum absolute atomic E-state index is 0.0108. The Labute approximate surface area is 130 Å². The molecule has 1 N–H and O–H groups in total. The number of hydrogen-bond donors (Lipinski definition) is 1. The van der Waals surface area contributed by atoms with Gasteiger partial charge in [0, 0.05) is 10.2 Å². The normalized spacial score (nSPS) is 13.4. The first-order chi connectivity index (χ1) is 10.1. The molecule has 0 fully saturated rings. The first-order valence-electron chi connectivity index (χ1n) is 6.46. The highest BCUT2D eigenvalue weighted by Crippen LogP contribution is 2.32. The van der Waals surface area contributed by atoms with Crippen LogP contribution >= 0.6 is 15.9 Å². The van der Waals surface area contributed by atoms with Crippen molar-refractivity contribution in [1.29, 1.82) is 0 Å². The number of carboxylic acids is 1. The molecule has 0 bridgehead atoms. The SMILES string of the molecule is O=C(O)c1ccc2c(c1)N(Cc1ccccc1Br)C(=O)C2. The summed E-state index contributed by atoms with van der Waals surface area (Å²) in [6, 6.07) is 12.5. The Morgan fingerprint density at radius 3 is 2.71 bits per heavy atom. The molecule has 0 saturated carbocycles. The Morgan fingerprint density at radius 2 is 2.00 bits per heavy atom. The van der Waals surface area contributed by atoms with Crippen LogP contribution in [0.15, 0.2) is 46.9 Å². The summed E-state index contributed by atoms with van der Waals surface area (Å²) in [5, 5.41) is 9.09. The lowest BCUT2D eigenvalue weighted by molar-refractivity contribution is -0.117. The zero-order valence-corrected chi connectivity index (χ0v) is 12.6. The highest BCUT2D eigenvalue weighted by atomic mass is 79.9. The molecule has 4 nitrogen and oxygen atoms in total. The maximum Gasteiger partial charge on any atom is 0.335 e. The predicted molar refractivity (Wildman–Crippen MR) is 82.4 cm³/mol. The van der Waals surface area contributed by atoms with Crippen LogP contribution in [0.4, 0.5) is 5.69 Å². The number of fused-ring (bicyclic) bond motifs is 1. The molecule has 106 valence electrons. The van der Waals surface area contributed by atoms with Gasteiger partial charge in [0.15, 0.2) is 0 Å². The van der Waals surface area contributed by atoms with E-state index >= 15 is 0 Å². The molecule has 0 unspecified atom stereocenters. The zero-order chi connectivity index (χ0) is 15.0. The van der Waals surface area contributed by atoms with E-state index in [1.807, 2.05) is 24.3 Å². The van der Waals surface area contributed by atoms with Gasteiger partial charge in [-0.3, -0.25) is 4.79 Å². The average Bonchev–Trinajstić information content (AvgIpc) is 2.76. The highest BCUT2D eigenvalue weighted by Gasteiger charge is 2.28. The average molecular weight is 346 g/mol. The molecule has 1 heterocycles. The Bertz CT molecular complexity index is 742. The molecule has 2 aromatic carbocycles. The van der Waals surface area contributed by atoms with E-state index in [2.05, 4.69) is 15.9 Å². The van der Waals surface area contributed by atoms with Crippen LogP contribution in [0, 0.1) is 0 Å². The summed E-state index contributed by atoms with van der Waals surface area (Å²) >= 11 is 3.47. The van der Waals surface area contributed by atoms with E-state index in [1.54, 1.807) is 17.0 Å². The van der Waals surface area contributed by atoms with Gasteiger partial charge in [0.2, 0.25) is 5.91 Å². The molecular formula is C16H12BrNO3. The van der Waals surface area contributed by atoms with E-state index in [-0.39, 0.29) is 11.5 Å². The van der Waals surface area contributed by atoms with Gasteiger partial charge < -0.3 is 10.0 Å². The predicted octanol–water partition coefficient (Wildman–Crippen LogP) is 3.24. The summed E-state index contributed by atoms with van der Waals surface area (Å²) in [4.78, 5) is 24.9. The maximum absolute atomic E-state index is 12.2. The fourth-order valence-electron chi connectivity index (χ4n) is 2.46. The Balaban J connectivity index is 1.98. The van der Waals surface area contributed by atoms with Gasteiger partial charge in [0.25, 0.3) is 0 Å². The summed E-state index contributed by atoms with van der Waals surface area (Å²) in [5.74, 6) is -0.999. The standard InChI is InChI=1S/C16H12BrNO3/c17-13-4-2-1-3-12(13)9-18-14-7-11(16(20)21)6-5-10(14)8-15(18)19/h1-7H,8-9H2,(H,20,21). The van der Waals surface area contributed by atoms with Crippen molar-refractivity contribution in [2.45, 2.75) is 13.0 Å². The van der Waals surface area contributed by atoms with Gasteiger partial charge in [-0.25, -0.2) is 4.79 Å². The molecule has 1 amide bonds. The number of rotatable bonds is 3. The van der Waals surface area contributed by atoms with Gasteiger partial charge in [-0.05, 0) is 29.3 Å². The molecule has 0 atom stereocenters. The number of anilines is 1. The number of halogens is 1. The third-order valence-corrected chi connectivity index (χ3v) is 4.33. The summed E-state index contributed by atoms with van der Waals surface area (Å²) < 4.78 is 0.931. The molecule has 0 radical (unpaired) electrons. The van der Waals surface area contributed by atoms with E-state index in [0.29, 0.717) is 18.7 Å². The molecule has 1 aliphatic rings. The number of hydrogen-bond acceptors (Lipinski definition) is 2. The van der Waals surface area contributed by atoms with Crippen molar-refractivity contribution in [3.8, 4) is 0 Å². The van der Waals surface area contributed by atoms with Crippen molar-refractivity contribution in [2.75, 3.05) is 4.90 Å². The summed E-state index contributed by atoms with van der Waals surface area (Å²) in [7, 11) is 0. The van der Waals surface area contributed by atoms with Crippen LogP contribution in [0.5, 0.6) is 0 Å². The second-order valence-corrected chi connectivity index (χ2v) is 5.75. The van der Waals surface area contributed by atoms with E-state index in [4.69, 9.17) is 5.11 Å². The van der Waals surface area contributed by atoms with Crippen LogP contribution in [0.1, 0.15) is 21.5 Å². The molecule has 3 rings (SSSR count). The summed E-state index contributed by atoms with van der Waals surface area (Å²) in [5.41, 5.74) is 2.74. The second kappa shape index (κ2) is 5.33. The van der Waals surface area contributed by atoms with Crippen molar-refractivity contribution in [3.05, 3.63) is 63.6 Å². The van der Waals surface area contributed by atoms with E-state index in [9.17, 15) is 9.59 Å². The topological polar surface area (TPSA) is 57.6 Å². The summed E-state index contributed by atoms with van der Waals surface area (Å²) in [6.07, 6.45) is 0.319. The third-order valence-electron chi connectivity index (χ3n) is 3.55. The molecule has 0 aliphatic carbocycles. The quantitative estimate of drug-likeness (QED) is 0.928. The van der Waals surface area contributed by atoms with Gasteiger partial charge in [-0.1, -0.05) is 40.2 Å². The van der Waals surface area contributed by atoms with Crippen molar-refractivity contribution >= 4 is 33.5 Å². The lowest BCUT2D eigenvalue weighted by atomic mass is 10.1. The number of carbonyl (C=O) groups is 2. The highest BCUT2D eigenvalue weighted by molar-refractivity contribution is 9.10. The summed E-state index contributed by atoms with van der Waals surface area (Å²) in [6.45, 7) is 0.427. The van der Waals surface area contributed by atoms with E-state index in [1.165, 1.54) is 6.07 Å². The molecule has 5 heteroatoms. The molecule has 0 aromatic heterocycles. The van der Waals surface area contributed by atoms with Crippen molar-refractivity contribution in [3.63, 3.8) is 0 Å². The van der Waals surface area contributed by atoms with Gasteiger partial charge in [-0.15, -0.1) is 0 Å². The smallest absolute Gasteiger partial charge is 0.335 e. The second-order valence-electron chi connectivity index (χ2n) is 4.90. The number of carbonyl (C=O) groups excluding carboxylic acids is 1. The Kier molecular flexibility index (Phi) is 3.51. The molecule has 1 aliphatic heterocycles. The molecule has 0 saturated heterocycles. The monoisotopic (exact) mass is 345 g/mol. The first-order valence-corrected chi connectivity index (χ1v) is 7.25. The third kappa shape index (κ3) is 2.56. The largest absolute Gasteiger partial charge is 0.478 e. The fraction of sp³-hybridized carbons (Fsp3) is 0.125. The minimum atomic E-state index is -0.988.